The molecule has 2 unspecified atom stereocenters. The van der Waals surface area contributed by atoms with Crippen LogP contribution in [0.4, 0.5) is 4.39 Å². The van der Waals surface area contributed by atoms with Crippen molar-refractivity contribution in [1.29, 1.82) is 0 Å². The Balaban J connectivity index is 1.71. The summed E-state index contributed by atoms with van der Waals surface area (Å²) in [5, 5.41) is 3.42. The molecule has 21 heavy (non-hydrogen) atoms. The van der Waals surface area contributed by atoms with Gasteiger partial charge in [-0.2, -0.15) is 0 Å². The molecule has 2 aromatic rings. The van der Waals surface area contributed by atoms with E-state index in [0.717, 1.165) is 25.1 Å². The Labute approximate surface area is 124 Å². The van der Waals surface area contributed by atoms with Crippen LogP contribution in [-0.4, -0.2) is 22.6 Å². The van der Waals surface area contributed by atoms with Crippen molar-refractivity contribution in [3.8, 4) is 0 Å². The Bertz CT molecular complexity index is 632. The standard InChI is InChI=1S/C17H20FN3/c18-16-4-2-1-3-13(16)15-9-19-8-7-14(15)17-10-20-11-21(17)12-5-6-12/h1-4,10-12,14-15,19H,5-9H2. The van der Waals surface area contributed by atoms with Gasteiger partial charge in [0.25, 0.3) is 0 Å². The van der Waals surface area contributed by atoms with Crippen LogP contribution in [0.25, 0.3) is 0 Å². The molecule has 2 fully saturated rings. The zero-order valence-electron chi connectivity index (χ0n) is 12.0. The smallest absolute Gasteiger partial charge is 0.126 e. The fraction of sp³-hybridized carbons (Fsp3) is 0.471. The second-order valence-corrected chi connectivity index (χ2v) is 6.18. The molecule has 2 heterocycles. The predicted octanol–water partition coefficient (Wildman–Crippen LogP) is 3.22. The van der Waals surface area contributed by atoms with Crippen molar-refractivity contribution in [2.45, 2.75) is 37.1 Å². The van der Waals surface area contributed by atoms with Crippen molar-refractivity contribution in [2.75, 3.05) is 13.1 Å². The minimum atomic E-state index is -0.0892. The van der Waals surface area contributed by atoms with Crippen LogP contribution < -0.4 is 5.32 Å². The average molecular weight is 285 g/mol. The van der Waals surface area contributed by atoms with Crippen LogP contribution in [0.1, 0.15) is 48.4 Å². The molecule has 0 amide bonds. The van der Waals surface area contributed by atoms with E-state index in [0.29, 0.717) is 12.0 Å². The number of aromatic nitrogens is 2. The van der Waals surface area contributed by atoms with Gasteiger partial charge in [-0.15, -0.1) is 0 Å². The van der Waals surface area contributed by atoms with E-state index in [1.165, 1.54) is 18.5 Å². The summed E-state index contributed by atoms with van der Waals surface area (Å²) in [6, 6.07) is 7.82. The Morgan fingerprint density at radius 1 is 1.14 bits per heavy atom. The maximum atomic E-state index is 14.2. The summed E-state index contributed by atoms with van der Waals surface area (Å²) in [4.78, 5) is 4.36. The molecule has 2 atom stereocenters. The highest BCUT2D eigenvalue weighted by molar-refractivity contribution is 5.28. The third kappa shape index (κ3) is 2.38. The van der Waals surface area contributed by atoms with Crippen molar-refractivity contribution < 1.29 is 4.39 Å². The molecule has 4 heteroatoms. The second kappa shape index (κ2) is 5.26. The molecular formula is C17H20FN3. The highest BCUT2D eigenvalue weighted by atomic mass is 19.1. The van der Waals surface area contributed by atoms with Crippen LogP contribution in [0.3, 0.4) is 0 Å². The van der Waals surface area contributed by atoms with Crippen LogP contribution in [0.5, 0.6) is 0 Å². The number of benzene rings is 1. The zero-order chi connectivity index (χ0) is 14.2. The number of halogens is 1. The van der Waals surface area contributed by atoms with Gasteiger partial charge in [-0.3, -0.25) is 0 Å². The van der Waals surface area contributed by atoms with Gasteiger partial charge < -0.3 is 9.88 Å². The van der Waals surface area contributed by atoms with E-state index in [9.17, 15) is 4.39 Å². The lowest BCUT2D eigenvalue weighted by atomic mass is 9.79. The van der Waals surface area contributed by atoms with Crippen LogP contribution in [0, 0.1) is 5.82 Å². The lowest BCUT2D eigenvalue weighted by Crippen LogP contribution is -2.35. The molecular weight excluding hydrogens is 265 g/mol. The topological polar surface area (TPSA) is 29.9 Å². The van der Waals surface area contributed by atoms with Crippen LogP contribution in [-0.2, 0) is 0 Å². The van der Waals surface area contributed by atoms with Crippen LogP contribution in [0.15, 0.2) is 36.8 Å². The molecule has 1 N–H and O–H groups in total. The molecule has 1 saturated heterocycles. The molecule has 1 saturated carbocycles. The molecule has 4 rings (SSSR count). The number of hydrogen-bond acceptors (Lipinski definition) is 2. The number of rotatable bonds is 3. The maximum Gasteiger partial charge on any atom is 0.126 e. The fourth-order valence-electron chi connectivity index (χ4n) is 3.57. The van der Waals surface area contributed by atoms with Gasteiger partial charge in [0.05, 0.1) is 6.33 Å². The van der Waals surface area contributed by atoms with E-state index >= 15 is 0 Å². The molecule has 0 radical (unpaired) electrons. The van der Waals surface area contributed by atoms with Gasteiger partial charge in [0.2, 0.25) is 0 Å². The van der Waals surface area contributed by atoms with Crippen molar-refractivity contribution in [3.63, 3.8) is 0 Å². The number of nitrogens with one attached hydrogen (secondary N) is 1. The number of hydrogen-bond donors (Lipinski definition) is 1. The Kier molecular flexibility index (Phi) is 3.26. The molecule has 1 aromatic carbocycles. The summed E-state index contributed by atoms with van der Waals surface area (Å²) in [5.41, 5.74) is 2.12. The summed E-state index contributed by atoms with van der Waals surface area (Å²) < 4.78 is 16.5. The average Bonchev–Trinajstić information content (AvgIpc) is 3.25. The normalized spacial score (nSPS) is 26.0. The lowest BCUT2D eigenvalue weighted by Gasteiger charge is -2.33. The van der Waals surface area contributed by atoms with E-state index in [2.05, 4.69) is 14.9 Å². The number of piperidine rings is 1. The highest BCUT2D eigenvalue weighted by Gasteiger charge is 2.34. The molecule has 1 aliphatic heterocycles. The van der Waals surface area contributed by atoms with Crippen molar-refractivity contribution in [1.82, 2.24) is 14.9 Å². The van der Waals surface area contributed by atoms with Crippen molar-refractivity contribution >= 4 is 0 Å². The number of nitrogens with zero attached hydrogens (tertiary/aromatic N) is 2. The van der Waals surface area contributed by atoms with E-state index in [-0.39, 0.29) is 11.7 Å². The first-order valence-corrected chi connectivity index (χ1v) is 7.81. The number of imidazole rings is 1. The SMILES string of the molecule is Fc1ccccc1C1CNCCC1c1cncn1C1CC1. The molecule has 1 aromatic heterocycles. The first kappa shape index (κ1) is 13.0. The van der Waals surface area contributed by atoms with E-state index in [1.807, 2.05) is 24.7 Å². The van der Waals surface area contributed by atoms with Crippen LogP contribution in [0.2, 0.25) is 0 Å². The minimum absolute atomic E-state index is 0.0892. The summed E-state index contributed by atoms with van der Waals surface area (Å²) >= 11 is 0. The fourth-order valence-corrected chi connectivity index (χ4v) is 3.57. The van der Waals surface area contributed by atoms with Gasteiger partial charge >= 0.3 is 0 Å². The minimum Gasteiger partial charge on any atom is -0.331 e. The van der Waals surface area contributed by atoms with Gasteiger partial charge in [-0.05, 0) is 37.4 Å². The summed E-state index contributed by atoms with van der Waals surface area (Å²) in [5.74, 6) is 0.453. The maximum absolute atomic E-state index is 14.2. The summed E-state index contributed by atoms with van der Waals surface area (Å²) in [7, 11) is 0. The van der Waals surface area contributed by atoms with Crippen molar-refractivity contribution in [2.24, 2.45) is 0 Å². The molecule has 3 nitrogen and oxygen atoms in total. The first-order valence-electron chi connectivity index (χ1n) is 7.81. The monoisotopic (exact) mass is 285 g/mol. The van der Waals surface area contributed by atoms with E-state index < -0.39 is 0 Å². The third-order valence-corrected chi connectivity index (χ3v) is 4.80. The van der Waals surface area contributed by atoms with Crippen LogP contribution >= 0.6 is 0 Å². The molecule has 0 bridgehead atoms. The van der Waals surface area contributed by atoms with E-state index in [1.54, 1.807) is 12.1 Å². The molecule has 110 valence electrons. The second-order valence-electron chi connectivity index (χ2n) is 6.18. The van der Waals surface area contributed by atoms with Gasteiger partial charge in [0, 0.05) is 36.3 Å². The molecule has 0 spiro atoms. The first-order chi connectivity index (χ1) is 10.3. The van der Waals surface area contributed by atoms with Gasteiger partial charge in [-0.25, -0.2) is 9.37 Å². The summed E-state index contributed by atoms with van der Waals surface area (Å²) in [6.07, 6.45) is 7.48. The molecule has 2 aliphatic rings. The largest absolute Gasteiger partial charge is 0.331 e. The van der Waals surface area contributed by atoms with E-state index in [4.69, 9.17) is 0 Å². The summed E-state index contributed by atoms with van der Waals surface area (Å²) in [6.45, 7) is 1.83. The van der Waals surface area contributed by atoms with Gasteiger partial charge in [0.15, 0.2) is 0 Å². The Morgan fingerprint density at radius 2 is 2.00 bits per heavy atom. The lowest BCUT2D eigenvalue weighted by molar-refractivity contribution is 0.378. The van der Waals surface area contributed by atoms with Crippen molar-refractivity contribution in [3.05, 3.63) is 53.9 Å². The molecule has 1 aliphatic carbocycles. The van der Waals surface area contributed by atoms with Gasteiger partial charge in [-0.1, -0.05) is 18.2 Å². The zero-order valence-corrected chi connectivity index (χ0v) is 12.0. The third-order valence-electron chi connectivity index (χ3n) is 4.80. The quantitative estimate of drug-likeness (QED) is 0.938. The Morgan fingerprint density at radius 3 is 2.81 bits per heavy atom. The Hall–Kier alpha value is -1.68. The van der Waals surface area contributed by atoms with Gasteiger partial charge in [0.1, 0.15) is 5.82 Å². The predicted molar refractivity (Wildman–Crippen MR) is 79.9 cm³/mol. The highest BCUT2D eigenvalue weighted by Crippen LogP contribution is 2.42.